The summed E-state index contributed by atoms with van der Waals surface area (Å²) in [5.41, 5.74) is 19.1. The van der Waals surface area contributed by atoms with E-state index in [0.29, 0.717) is 0 Å². The van der Waals surface area contributed by atoms with Crippen molar-refractivity contribution in [1.82, 2.24) is 0 Å². The first kappa shape index (κ1) is 37.4. The summed E-state index contributed by atoms with van der Waals surface area (Å²) in [6.07, 6.45) is 0. The first-order valence-electron chi connectivity index (χ1n) is 22.0. The standard InChI is InChI=1S/C61H43N3/c1-6-23-44(24-7-1)45-25-20-34-50(43-45)64-55-39-19-18-37-53(55)61(60-57(41-22-42-58(60)64)63(48-30-12-4-13-31-48)49-32-14-5-15-33-49)52-36-17-16-35-51(52)59-54(61)38-21-40-56(59)62(46-26-8-2-9-27-46)47-28-10-3-11-29-47/h1-43H. The summed E-state index contributed by atoms with van der Waals surface area (Å²) >= 11 is 0. The maximum atomic E-state index is 2.50. The van der Waals surface area contributed by atoms with Gasteiger partial charge in [0, 0.05) is 39.6 Å². The lowest BCUT2D eigenvalue weighted by Gasteiger charge is -2.47. The fraction of sp³-hybridized carbons (Fsp3) is 0.0164. The van der Waals surface area contributed by atoms with Crippen molar-refractivity contribution < 1.29 is 0 Å². The van der Waals surface area contributed by atoms with E-state index in [9.17, 15) is 0 Å². The lowest BCUT2D eigenvalue weighted by Crippen LogP contribution is -2.37. The molecule has 0 fully saturated rings. The van der Waals surface area contributed by atoms with E-state index in [4.69, 9.17) is 0 Å². The van der Waals surface area contributed by atoms with Crippen LogP contribution in [0.5, 0.6) is 0 Å². The number of fused-ring (bicyclic) bond motifs is 9. The number of benzene rings is 10. The molecule has 0 aromatic heterocycles. The summed E-state index contributed by atoms with van der Waals surface area (Å²) in [4.78, 5) is 7.39. The highest BCUT2D eigenvalue weighted by Crippen LogP contribution is 2.67. The van der Waals surface area contributed by atoms with E-state index >= 15 is 0 Å². The Morgan fingerprint density at radius 1 is 0.312 bits per heavy atom. The summed E-state index contributed by atoms with van der Waals surface area (Å²) in [5, 5.41) is 0. The highest BCUT2D eigenvalue weighted by atomic mass is 15.2. The van der Waals surface area contributed by atoms with Gasteiger partial charge in [-0.2, -0.15) is 0 Å². The SMILES string of the molecule is c1ccc(-c2cccc(N3c4ccccc4C4(c5ccccc5-c5c(N(c6ccccc6)c6ccccc6)cccc54)c4c(N(c5ccccc5)c5ccccc5)cccc43)c2)cc1. The first-order chi connectivity index (χ1) is 31.8. The van der Waals surface area contributed by atoms with Crippen molar-refractivity contribution in [2.24, 2.45) is 0 Å². The van der Waals surface area contributed by atoms with Crippen molar-refractivity contribution in [1.29, 1.82) is 0 Å². The zero-order valence-electron chi connectivity index (χ0n) is 35.2. The van der Waals surface area contributed by atoms with E-state index < -0.39 is 5.41 Å². The van der Waals surface area contributed by atoms with Crippen LogP contribution in [-0.2, 0) is 5.41 Å². The van der Waals surface area contributed by atoms with Crippen LogP contribution in [0.15, 0.2) is 261 Å². The molecule has 1 aliphatic heterocycles. The van der Waals surface area contributed by atoms with Crippen LogP contribution >= 0.6 is 0 Å². The van der Waals surface area contributed by atoms with E-state index in [2.05, 4.69) is 276 Å². The van der Waals surface area contributed by atoms with Crippen LogP contribution < -0.4 is 14.7 Å². The molecule has 10 aromatic carbocycles. The van der Waals surface area contributed by atoms with Gasteiger partial charge in [-0.3, -0.25) is 0 Å². The minimum Gasteiger partial charge on any atom is -0.310 e. The molecule has 12 rings (SSSR count). The molecule has 0 amide bonds. The van der Waals surface area contributed by atoms with Gasteiger partial charge in [0.2, 0.25) is 0 Å². The van der Waals surface area contributed by atoms with Crippen LogP contribution in [0.25, 0.3) is 22.3 Å². The summed E-state index contributed by atoms with van der Waals surface area (Å²) in [7, 11) is 0. The third kappa shape index (κ3) is 5.82. The van der Waals surface area contributed by atoms with Crippen LogP contribution in [0.3, 0.4) is 0 Å². The van der Waals surface area contributed by atoms with E-state index in [1.54, 1.807) is 0 Å². The lowest BCUT2D eigenvalue weighted by molar-refractivity contribution is 0.752. The molecule has 3 nitrogen and oxygen atoms in total. The quantitative estimate of drug-likeness (QED) is 0.151. The Bertz CT molecular complexity index is 3200. The van der Waals surface area contributed by atoms with Crippen LogP contribution in [0.2, 0.25) is 0 Å². The highest BCUT2D eigenvalue weighted by molar-refractivity contribution is 6.03. The largest absolute Gasteiger partial charge is 0.310 e. The lowest BCUT2D eigenvalue weighted by atomic mass is 9.64. The zero-order valence-corrected chi connectivity index (χ0v) is 35.2. The third-order valence-electron chi connectivity index (χ3n) is 13.0. The second-order valence-corrected chi connectivity index (χ2v) is 16.4. The number of hydrogen-bond donors (Lipinski definition) is 0. The predicted octanol–water partition coefficient (Wildman–Crippen LogP) is 16.4. The Kier molecular flexibility index (Phi) is 9.05. The second kappa shape index (κ2) is 15.5. The van der Waals surface area contributed by atoms with Crippen LogP contribution in [-0.4, -0.2) is 0 Å². The number of para-hydroxylation sites is 5. The van der Waals surface area contributed by atoms with Gasteiger partial charge in [-0.25, -0.2) is 0 Å². The van der Waals surface area contributed by atoms with Gasteiger partial charge in [-0.1, -0.05) is 176 Å². The van der Waals surface area contributed by atoms with Gasteiger partial charge in [-0.15, -0.1) is 0 Å². The molecule has 10 aromatic rings. The summed E-state index contributed by atoms with van der Waals surface area (Å²) in [6.45, 7) is 0. The monoisotopic (exact) mass is 817 g/mol. The van der Waals surface area contributed by atoms with Gasteiger partial charge >= 0.3 is 0 Å². The molecule has 1 atom stereocenters. The molecule has 1 unspecified atom stereocenters. The van der Waals surface area contributed by atoms with Gasteiger partial charge in [0.05, 0.1) is 28.2 Å². The molecule has 302 valence electrons. The Hall–Kier alpha value is -8.40. The van der Waals surface area contributed by atoms with Gasteiger partial charge in [0.1, 0.15) is 0 Å². The fourth-order valence-corrected chi connectivity index (χ4v) is 10.5. The van der Waals surface area contributed by atoms with Crippen molar-refractivity contribution in [3.8, 4) is 22.3 Å². The van der Waals surface area contributed by atoms with Gasteiger partial charge in [-0.05, 0) is 118 Å². The Balaban J connectivity index is 1.22. The molecule has 3 heteroatoms. The van der Waals surface area contributed by atoms with E-state index in [1.165, 1.54) is 44.5 Å². The molecule has 1 heterocycles. The summed E-state index contributed by atoms with van der Waals surface area (Å²) in [6, 6.07) is 95.1. The smallest absolute Gasteiger partial charge is 0.0775 e. The highest BCUT2D eigenvalue weighted by Gasteiger charge is 2.54. The molecule has 0 saturated carbocycles. The maximum absolute atomic E-state index is 2.50. The fourth-order valence-electron chi connectivity index (χ4n) is 10.5. The zero-order chi connectivity index (χ0) is 42.5. The van der Waals surface area contributed by atoms with Crippen molar-refractivity contribution in [2.45, 2.75) is 5.41 Å². The number of nitrogens with zero attached hydrogens (tertiary/aromatic N) is 3. The van der Waals surface area contributed by atoms with Gasteiger partial charge in [0.15, 0.2) is 0 Å². The molecule has 1 aliphatic carbocycles. The Labute approximate surface area is 375 Å². The Morgan fingerprint density at radius 2 is 0.750 bits per heavy atom. The molecular formula is C61H43N3. The predicted molar refractivity (Wildman–Crippen MR) is 267 cm³/mol. The molecule has 0 N–H and O–H groups in total. The van der Waals surface area contributed by atoms with Gasteiger partial charge < -0.3 is 14.7 Å². The normalized spacial score (nSPS) is 14.3. The average molecular weight is 818 g/mol. The molecule has 64 heavy (non-hydrogen) atoms. The number of anilines is 9. The van der Waals surface area contributed by atoms with E-state index in [0.717, 1.165) is 51.2 Å². The van der Waals surface area contributed by atoms with Crippen LogP contribution in [0.1, 0.15) is 22.3 Å². The maximum Gasteiger partial charge on any atom is 0.0775 e. The second-order valence-electron chi connectivity index (χ2n) is 16.4. The molecule has 1 spiro atoms. The van der Waals surface area contributed by atoms with Crippen molar-refractivity contribution in [3.63, 3.8) is 0 Å². The minimum absolute atomic E-state index is 0.737. The summed E-state index contributed by atoms with van der Waals surface area (Å²) < 4.78 is 0. The van der Waals surface area contributed by atoms with E-state index in [-0.39, 0.29) is 0 Å². The first-order valence-corrected chi connectivity index (χ1v) is 22.0. The van der Waals surface area contributed by atoms with Crippen molar-refractivity contribution in [2.75, 3.05) is 14.7 Å². The molecule has 0 radical (unpaired) electrons. The van der Waals surface area contributed by atoms with Crippen LogP contribution in [0.4, 0.5) is 51.2 Å². The Morgan fingerprint density at radius 3 is 1.38 bits per heavy atom. The average Bonchev–Trinajstić information content (AvgIpc) is 3.67. The topological polar surface area (TPSA) is 9.72 Å². The molecule has 0 saturated heterocycles. The molecule has 0 bridgehead atoms. The van der Waals surface area contributed by atoms with Crippen molar-refractivity contribution >= 4 is 51.2 Å². The molecule has 2 aliphatic rings. The number of hydrogen-bond acceptors (Lipinski definition) is 3. The van der Waals surface area contributed by atoms with Crippen molar-refractivity contribution in [3.05, 3.63) is 283 Å². The molecular weight excluding hydrogens is 775 g/mol. The minimum atomic E-state index is -0.737. The third-order valence-corrected chi connectivity index (χ3v) is 13.0. The van der Waals surface area contributed by atoms with Gasteiger partial charge in [0.25, 0.3) is 0 Å². The van der Waals surface area contributed by atoms with E-state index in [1.807, 2.05) is 0 Å². The van der Waals surface area contributed by atoms with Crippen LogP contribution in [0, 0.1) is 0 Å². The summed E-state index contributed by atoms with van der Waals surface area (Å²) in [5.74, 6) is 0. The number of rotatable bonds is 8.